The second-order valence-electron chi connectivity index (χ2n) is 9.46. The lowest BCUT2D eigenvalue weighted by Crippen LogP contribution is -2.34. The molecule has 31 heavy (non-hydrogen) atoms. The van der Waals surface area contributed by atoms with E-state index in [1.807, 2.05) is 12.1 Å². The lowest BCUT2D eigenvalue weighted by atomic mass is 9.63. The highest BCUT2D eigenvalue weighted by molar-refractivity contribution is 8.18. The number of hydrogen-bond donors (Lipinski definition) is 2. The second-order valence-corrected chi connectivity index (χ2v) is 10.5. The standard InChI is InChI=1S/C25H26N2O3S/c1-24(2)11-12-25(3,4)19-14-16(7-10-18(19)24)21(28)26-17-8-5-15(6-9-17)13-20-22(29)27-23(30)31-20/h5-10,13-14H,11-12H2,1-4H3,(H,26,28)(H,27,29,30)/b20-13-. The van der Waals surface area contributed by atoms with E-state index in [1.54, 1.807) is 30.3 Å². The first-order chi connectivity index (χ1) is 14.5. The molecule has 0 saturated carbocycles. The van der Waals surface area contributed by atoms with Crippen molar-refractivity contribution in [2.24, 2.45) is 0 Å². The summed E-state index contributed by atoms with van der Waals surface area (Å²) in [7, 11) is 0. The monoisotopic (exact) mass is 434 g/mol. The van der Waals surface area contributed by atoms with Crippen molar-refractivity contribution in [1.82, 2.24) is 5.32 Å². The molecule has 2 aromatic carbocycles. The zero-order valence-corrected chi connectivity index (χ0v) is 19.0. The van der Waals surface area contributed by atoms with Gasteiger partial charge in [-0.3, -0.25) is 19.7 Å². The topological polar surface area (TPSA) is 75.3 Å². The highest BCUT2D eigenvalue weighted by atomic mass is 32.2. The smallest absolute Gasteiger partial charge is 0.290 e. The number of carbonyl (C=O) groups excluding carboxylic acids is 3. The molecule has 4 rings (SSSR count). The number of fused-ring (bicyclic) bond motifs is 1. The molecule has 1 aliphatic heterocycles. The van der Waals surface area contributed by atoms with E-state index in [4.69, 9.17) is 0 Å². The van der Waals surface area contributed by atoms with E-state index >= 15 is 0 Å². The van der Waals surface area contributed by atoms with Crippen molar-refractivity contribution in [3.63, 3.8) is 0 Å². The van der Waals surface area contributed by atoms with Gasteiger partial charge in [0.05, 0.1) is 4.91 Å². The summed E-state index contributed by atoms with van der Waals surface area (Å²) < 4.78 is 0. The molecule has 3 amide bonds. The van der Waals surface area contributed by atoms with Crippen LogP contribution in [0.4, 0.5) is 10.5 Å². The van der Waals surface area contributed by atoms with E-state index in [-0.39, 0.29) is 27.9 Å². The van der Waals surface area contributed by atoms with Gasteiger partial charge < -0.3 is 5.32 Å². The molecule has 2 N–H and O–H groups in total. The largest absolute Gasteiger partial charge is 0.322 e. The number of amides is 3. The van der Waals surface area contributed by atoms with E-state index in [0.29, 0.717) is 16.2 Å². The first-order valence-electron chi connectivity index (χ1n) is 10.4. The van der Waals surface area contributed by atoms with Crippen LogP contribution in [0.2, 0.25) is 0 Å². The number of anilines is 1. The summed E-state index contributed by atoms with van der Waals surface area (Å²) in [5, 5.41) is 4.82. The quantitative estimate of drug-likeness (QED) is 0.616. The Morgan fingerprint density at radius 2 is 1.61 bits per heavy atom. The van der Waals surface area contributed by atoms with Crippen LogP contribution in [0.15, 0.2) is 47.4 Å². The number of imide groups is 1. The van der Waals surface area contributed by atoms with Gasteiger partial charge in [-0.2, -0.15) is 0 Å². The van der Waals surface area contributed by atoms with Crippen molar-refractivity contribution in [2.75, 3.05) is 5.32 Å². The number of hydrogen-bond acceptors (Lipinski definition) is 4. The van der Waals surface area contributed by atoms with Gasteiger partial charge in [-0.1, -0.05) is 45.9 Å². The van der Waals surface area contributed by atoms with Crippen LogP contribution >= 0.6 is 11.8 Å². The summed E-state index contributed by atoms with van der Waals surface area (Å²) >= 11 is 0.883. The maximum atomic E-state index is 12.9. The predicted octanol–water partition coefficient (Wildman–Crippen LogP) is 5.61. The number of thioether (sulfide) groups is 1. The summed E-state index contributed by atoms with van der Waals surface area (Å²) in [5.74, 6) is -0.532. The van der Waals surface area contributed by atoms with Gasteiger partial charge in [-0.25, -0.2) is 0 Å². The SMILES string of the molecule is CC1(C)CCC(C)(C)c2cc(C(=O)Nc3ccc(/C=C4\SC(=O)NC4=O)cc3)ccc21. The Hall–Kier alpha value is -2.86. The van der Waals surface area contributed by atoms with Crippen molar-refractivity contribution in [3.05, 3.63) is 69.6 Å². The van der Waals surface area contributed by atoms with Crippen LogP contribution in [0.1, 0.15) is 67.6 Å². The molecule has 0 atom stereocenters. The minimum Gasteiger partial charge on any atom is -0.322 e. The molecule has 1 fully saturated rings. The minimum absolute atomic E-state index is 0.0439. The third kappa shape index (κ3) is 4.30. The average Bonchev–Trinajstić information content (AvgIpc) is 3.03. The lowest BCUT2D eigenvalue weighted by molar-refractivity contribution is -0.115. The van der Waals surface area contributed by atoms with Gasteiger partial charge in [0.1, 0.15) is 0 Å². The molecule has 1 heterocycles. The van der Waals surface area contributed by atoms with Gasteiger partial charge in [0.15, 0.2) is 0 Å². The van der Waals surface area contributed by atoms with Crippen molar-refractivity contribution in [1.29, 1.82) is 0 Å². The maximum Gasteiger partial charge on any atom is 0.290 e. The van der Waals surface area contributed by atoms with Crippen LogP contribution in [-0.4, -0.2) is 17.1 Å². The molecule has 1 saturated heterocycles. The van der Waals surface area contributed by atoms with E-state index in [0.717, 1.165) is 30.2 Å². The van der Waals surface area contributed by atoms with Gasteiger partial charge in [-0.15, -0.1) is 0 Å². The highest BCUT2D eigenvalue weighted by Gasteiger charge is 2.37. The zero-order chi connectivity index (χ0) is 22.4. The molecule has 5 nitrogen and oxygen atoms in total. The Bertz CT molecular complexity index is 1110. The molecule has 0 spiro atoms. The summed E-state index contributed by atoms with van der Waals surface area (Å²) in [4.78, 5) is 36.2. The normalized spacial score (nSPS) is 20.3. The van der Waals surface area contributed by atoms with E-state index in [2.05, 4.69) is 44.4 Å². The van der Waals surface area contributed by atoms with Gasteiger partial charge >= 0.3 is 0 Å². The first-order valence-corrected chi connectivity index (χ1v) is 11.2. The Morgan fingerprint density at radius 3 is 2.23 bits per heavy atom. The van der Waals surface area contributed by atoms with Gasteiger partial charge in [0, 0.05) is 11.3 Å². The van der Waals surface area contributed by atoms with Gasteiger partial charge in [-0.05, 0) is 82.5 Å². The molecule has 0 bridgehead atoms. The molecule has 0 aromatic heterocycles. The molecule has 1 aliphatic carbocycles. The number of rotatable bonds is 3. The summed E-state index contributed by atoms with van der Waals surface area (Å²) in [6, 6.07) is 13.2. The van der Waals surface area contributed by atoms with Crippen LogP contribution in [0, 0.1) is 0 Å². The Morgan fingerprint density at radius 1 is 0.968 bits per heavy atom. The summed E-state index contributed by atoms with van der Waals surface area (Å²) in [5.41, 5.74) is 4.83. The third-order valence-electron chi connectivity index (χ3n) is 6.22. The van der Waals surface area contributed by atoms with Crippen molar-refractivity contribution in [2.45, 2.75) is 51.4 Å². The van der Waals surface area contributed by atoms with Gasteiger partial charge in [0.25, 0.3) is 17.1 Å². The molecule has 0 unspecified atom stereocenters. The average molecular weight is 435 g/mol. The summed E-state index contributed by atoms with van der Waals surface area (Å²) in [6.07, 6.45) is 3.89. The van der Waals surface area contributed by atoms with Crippen LogP contribution < -0.4 is 10.6 Å². The maximum absolute atomic E-state index is 12.9. The number of nitrogens with one attached hydrogen (secondary N) is 2. The molecule has 2 aliphatic rings. The minimum atomic E-state index is -0.383. The zero-order valence-electron chi connectivity index (χ0n) is 18.2. The van der Waals surface area contributed by atoms with Crippen LogP contribution in [0.5, 0.6) is 0 Å². The third-order valence-corrected chi connectivity index (χ3v) is 7.03. The van der Waals surface area contributed by atoms with E-state index < -0.39 is 0 Å². The fourth-order valence-electron chi connectivity index (χ4n) is 4.17. The Labute approximate surface area is 186 Å². The molecule has 0 radical (unpaired) electrons. The van der Waals surface area contributed by atoms with Crippen LogP contribution in [-0.2, 0) is 15.6 Å². The predicted molar refractivity (Wildman–Crippen MR) is 125 cm³/mol. The van der Waals surface area contributed by atoms with Crippen LogP contribution in [0.25, 0.3) is 6.08 Å². The Balaban J connectivity index is 1.52. The number of benzene rings is 2. The van der Waals surface area contributed by atoms with Crippen molar-refractivity contribution < 1.29 is 14.4 Å². The molecular weight excluding hydrogens is 408 g/mol. The van der Waals surface area contributed by atoms with Crippen molar-refractivity contribution >= 4 is 40.6 Å². The van der Waals surface area contributed by atoms with Crippen molar-refractivity contribution in [3.8, 4) is 0 Å². The number of carbonyl (C=O) groups is 3. The van der Waals surface area contributed by atoms with Gasteiger partial charge in [0.2, 0.25) is 0 Å². The highest BCUT2D eigenvalue weighted by Crippen LogP contribution is 2.45. The fourth-order valence-corrected chi connectivity index (χ4v) is 4.85. The van der Waals surface area contributed by atoms with E-state index in [9.17, 15) is 14.4 Å². The van der Waals surface area contributed by atoms with Crippen LogP contribution in [0.3, 0.4) is 0 Å². The molecular formula is C25H26N2O3S. The fraction of sp³-hybridized carbons (Fsp3) is 0.320. The molecule has 2 aromatic rings. The lowest BCUT2D eigenvalue weighted by Gasteiger charge is -2.42. The second kappa shape index (κ2) is 7.68. The molecule has 160 valence electrons. The molecule has 6 heteroatoms. The van der Waals surface area contributed by atoms with E-state index in [1.165, 1.54) is 11.1 Å². The summed E-state index contributed by atoms with van der Waals surface area (Å²) in [6.45, 7) is 9.02. The Kier molecular flexibility index (Phi) is 5.30. The first kappa shape index (κ1) is 21.4.